The van der Waals surface area contributed by atoms with Crippen molar-refractivity contribution in [1.29, 1.82) is 0 Å². The van der Waals surface area contributed by atoms with Crippen LogP contribution in [0.3, 0.4) is 0 Å². The summed E-state index contributed by atoms with van der Waals surface area (Å²) < 4.78 is 42.0. The molecule has 29 heavy (non-hydrogen) atoms. The number of fused-ring (bicyclic) bond motifs is 1. The van der Waals surface area contributed by atoms with Crippen LogP contribution in [0.25, 0.3) is 44.7 Å². The molecule has 0 bridgehead atoms. The van der Waals surface area contributed by atoms with Crippen LogP contribution in [0.4, 0.5) is 0 Å². The van der Waals surface area contributed by atoms with E-state index in [-0.39, 0.29) is 23.3 Å². The van der Waals surface area contributed by atoms with Crippen molar-refractivity contribution < 1.29 is 6.85 Å². The largest absolute Gasteiger partial charge is 0.228 e. The number of rotatable bonds is 3. The summed E-state index contributed by atoms with van der Waals surface area (Å²) in [6.45, 7) is 0. The molecule has 0 N–H and O–H groups in total. The molecule has 0 saturated heterocycles. The van der Waals surface area contributed by atoms with Gasteiger partial charge in [0.25, 0.3) is 0 Å². The number of hydrogen-bond acceptors (Lipinski definition) is 2. The highest BCUT2D eigenvalue weighted by Gasteiger charge is 2.13. The normalized spacial score (nSPS) is 13.3. The Balaban J connectivity index is 1.85. The Hall–Kier alpha value is -3.30. The molecule has 0 amide bonds. The zero-order valence-corrected chi connectivity index (χ0v) is 16.8. The number of benzene rings is 4. The van der Waals surface area contributed by atoms with E-state index in [1.54, 1.807) is 6.07 Å². The van der Waals surface area contributed by atoms with Gasteiger partial charge < -0.3 is 0 Å². The first-order valence-corrected chi connectivity index (χ1v) is 9.85. The average molecular weight is 442 g/mol. The fourth-order valence-electron chi connectivity index (χ4n) is 3.29. The lowest BCUT2D eigenvalue weighted by Gasteiger charge is -2.12. The second-order valence-electron chi connectivity index (χ2n) is 6.47. The summed E-state index contributed by atoms with van der Waals surface area (Å²) in [6, 6.07) is 21.1. The Labute approximate surface area is 185 Å². The molecule has 138 valence electrons. The third kappa shape index (κ3) is 3.45. The van der Waals surface area contributed by atoms with Crippen molar-refractivity contribution in [2.75, 3.05) is 0 Å². The Bertz CT molecular complexity index is 1540. The first kappa shape index (κ1) is 13.0. The molecule has 4 aromatic carbocycles. The molecule has 0 spiro atoms. The lowest BCUT2D eigenvalue weighted by Crippen LogP contribution is -1.96. The molecule has 0 atom stereocenters. The Morgan fingerprint density at radius 2 is 1.34 bits per heavy atom. The van der Waals surface area contributed by atoms with Gasteiger partial charge in [0.15, 0.2) is 5.82 Å². The van der Waals surface area contributed by atoms with Crippen molar-refractivity contribution in [2.24, 2.45) is 0 Å². The van der Waals surface area contributed by atoms with Crippen LogP contribution < -0.4 is 0 Å². The molecule has 0 aliphatic carbocycles. The minimum Gasteiger partial charge on any atom is -0.228 e. The lowest BCUT2D eigenvalue weighted by molar-refractivity contribution is 1.18. The summed E-state index contributed by atoms with van der Waals surface area (Å²) in [5.41, 5.74) is 2.53. The van der Waals surface area contributed by atoms with Crippen LogP contribution >= 0.6 is 15.9 Å². The standard InChI is InChI=1S/C26H17BrN2/c27-23-16-15-22(20-13-7-8-14-21(20)23)25-17-24(18-9-3-1-4-10-18)28-26(29-25)19-11-5-2-6-12-19/h1-17H/i1D,3D,4D,9D,10D. The molecule has 0 unspecified atom stereocenters. The molecule has 3 heteroatoms. The molecule has 5 rings (SSSR count). The second-order valence-corrected chi connectivity index (χ2v) is 7.32. The average Bonchev–Trinajstić information content (AvgIpc) is 2.87. The maximum Gasteiger partial charge on any atom is 0.160 e. The predicted octanol–water partition coefficient (Wildman–Crippen LogP) is 7.39. The Kier molecular flexibility index (Phi) is 3.42. The lowest BCUT2D eigenvalue weighted by atomic mass is 10.0. The van der Waals surface area contributed by atoms with Gasteiger partial charge in [-0.1, -0.05) is 107 Å². The predicted molar refractivity (Wildman–Crippen MR) is 124 cm³/mol. The SMILES string of the molecule is [2H]c1c([2H])c([2H])c(-c2cc(-c3ccc(Br)c4ccccc34)nc(-c3ccccc3)n2)c([2H])c1[2H]. The third-order valence-electron chi connectivity index (χ3n) is 4.66. The fourth-order valence-corrected chi connectivity index (χ4v) is 3.77. The quantitative estimate of drug-likeness (QED) is 0.291. The molecule has 0 saturated carbocycles. The van der Waals surface area contributed by atoms with Gasteiger partial charge in [-0.05, 0) is 22.9 Å². The summed E-state index contributed by atoms with van der Waals surface area (Å²) in [5.74, 6) is 0.409. The smallest absolute Gasteiger partial charge is 0.160 e. The monoisotopic (exact) mass is 441 g/mol. The summed E-state index contributed by atoms with van der Waals surface area (Å²) in [5, 5.41) is 1.99. The van der Waals surface area contributed by atoms with Gasteiger partial charge in [0.2, 0.25) is 0 Å². The minimum absolute atomic E-state index is 0.0493. The first-order chi connectivity index (χ1) is 16.4. The van der Waals surface area contributed by atoms with E-state index in [9.17, 15) is 0 Å². The Morgan fingerprint density at radius 1 is 0.655 bits per heavy atom. The van der Waals surface area contributed by atoms with E-state index in [0.29, 0.717) is 11.5 Å². The summed E-state index contributed by atoms with van der Waals surface area (Å²) in [4.78, 5) is 9.46. The van der Waals surface area contributed by atoms with Crippen molar-refractivity contribution in [1.82, 2.24) is 9.97 Å². The topological polar surface area (TPSA) is 25.8 Å². The summed E-state index contributed by atoms with van der Waals surface area (Å²) >= 11 is 3.61. The maximum absolute atomic E-state index is 8.44. The van der Waals surface area contributed by atoms with Crippen LogP contribution in [0.5, 0.6) is 0 Å². The molecular weight excluding hydrogens is 420 g/mol. The Morgan fingerprint density at radius 3 is 2.14 bits per heavy atom. The van der Waals surface area contributed by atoms with E-state index in [1.165, 1.54) is 0 Å². The first-order valence-electron chi connectivity index (χ1n) is 11.6. The van der Waals surface area contributed by atoms with Crippen LogP contribution in [0, 0.1) is 0 Å². The van der Waals surface area contributed by atoms with Crippen LogP contribution in [0.1, 0.15) is 6.85 Å². The van der Waals surface area contributed by atoms with Crippen LogP contribution in [-0.4, -0.2) is 9.97 Å². The zero-order valence-electron chi connectivity index (χ0n) is 20.2. The molecule has 0 aliphatic rings. The van der Waals surface area contributed by atoms with Crippen molar-refractivity contribution in [3.8, 4) is 33.9 Å². The number of hydrogen-bond donors (Lipinski definition) is 0. The highest BCUT2D eigenvalue weighted by atomic mass is 79.9. The molecular formula is C26H17BrN2. The number of halogens is 1. The maximum atomic E-state index is 8.44. The van der Waals surface area contributed by atoms with Gasteiger partial charge in [0, 0.05) is 21.2 Å². The summed E-state index contributed by atoms with van der Waals surface area (Å²) in [6.07, 6.45) is 0. The van der Waals surface area contributed by atoms with Gasteiger partial charge >= 0.3 is 0 Å². The van der Waals surface area contributed by atoms with E-state index in [2.05, 4.69) is 20.9 Å². The number of aromatic nitrogens is 2. The minimum atomic E-state index is -0.435. The van der Waals surface area contributed by atoms with E-state index in [1.807, 2.05) is 66.7 Å². The third-order valence-corrected chi connectivity index (χ3v) is 5.35. The second kappa shape index (κ2) is 7.61. The van der Waals surface area contributed by atoms with Gasteiger partial charge in [0.05, 0.1) is 18.2 Å². The highest BCUT2D eigenvalue weighted by Crippen LogP contribution is 2.34. The molecule has 1 heterocycles. The summed E-state index contributed by atoms with van der Waals surface area (Å²) in [7, 11) is 0. The van der Waals surface area contributed by atoms with Gasteiger partial charge in [-0.2, -0.15) is 0 Å². The molecule has 5 aromatic rings. The van der Waals surface area contributed by atoms with Crippen LogP contribution in [0.15, 0.2) is 107 Å². The van der Waals surface area contributed by atoms with E-state index < -0.39 is 18.1 Å². The van der Waals surface area contributed by atoms with Crippen LogP contribution in [-0.2, 0) is 0 Å². The molecule has 0 fully saturated rings. The van der Waals surface area contributed by atoms with Gasteiger partial charge in [-0.25, -0.2) is 9.97 Å². The molecule has 2 nitrogen and oxygen atoms in total. The van der Waals surface area contributed by atoms with Crippen molar-refractivity contribution in [3.63, 3.8) is 0 Å². The molecule has 0 radical (unpaired) electrons. The van der Waals surface area contributed by atoms with Crippen molar-refractivity contribution in [2.45, 2.75) is 0 Å². The van der Waals surface area contributed by atoms with E-state index >= 15 is 0 Å². The van der Waals surface area contributed by atoms with Gasteiger partial charge in [-0.3, -0.25) is 0 Å². The van der Waals surface area contributed by atoms with E-state index in [4.69, 9.17) is 11.8 Å². The highest BCUT2D eigenvalue weighted by molar-refractivity contribution is 9.10. The molecule has 0 aliphatic heterocycles. The molecule has 1 aromatic heterocycles. The van der Waals surface area contributed by atoms with Gasteiger partial charge in [0.1, 0.15) is 0 Å². The number of nitrogens with zero attached hydrogens (tertiary/aromatic N) is 2. The van der Waals surface area contributed by atoms with Gasteiger partial charge in [-0.15, -0.1) is 0 Å². The fraction of sp³-hybridized carbons (Fsp3) is 0. The van der Waals surface area contributed by atoms with E-state index in [0.717, 1.165) is 26.4 Å². The van der Waals surface area contributed by atoms with Crippen LogP contribution in [0.2, 0.25) is 0 Å². The zero-order chi connectivity index (χ0) is 24.0. The van der Waals surface area contributed by atoms with Crippen molar-refractivity contribution in [3.05, 3.63) is 107 Å². The van der Waals surface area contributed by atoms with Crippen molar-refractivity contribution >= 4 is 26.7 Å².